The average Bonchev–Trinajstić information content (AvgIpc) is 2.83. The van der Waals surface area contributed by atoms with Gasteiger partial charge in [-0.05, 0) is 87.5 Å². The Bertz CT molecular complexity index is 887. The third-order valence-corrected chi connectivity index (χ3v) is 6.22. The van der Waals surface area contributed by atoms with Crippen LogP contribution in [0.4, 0.5) is 0 Å². The number of ether oxygens (including phenoxy) is 2. The van der Waals surface area contributed by atoms with Crippen molar-refractivity contribution in [2.45, 2.75) is 59.3 Å². The molecule has 0 aliphatic heterocycles. The minimum Gasteiger partial charge on any atom is -0.507 e. The number of carbonyl (C=O) groups excluding carboxylic acids is 1. The summed E-state index contributed by atoms with van der Waals surface area (Å²) in [6.07, 6.45) is 6.58. The summed E-state index contributed by atoms with van der Waals surface area (Å²) in [7, 11) is 0. The minimum absolute atomic E-state index is 0.0649. The monoisotopic (exact) mass is 680 g/mol. The maximum atomic E-state index is 11.8. The molecule has 2 rings (SSSR count). The van der Waals surface area contributed by atoms with Gasteiger partial charge in [-0.1, -0.05) is 56.0 Å². The standard InChI is InChI=1S/C15H21BrO3.C7H5BrO3.C4H9Br/c1-3-5-9-18-14-11-12(7-8-13(14)16)15(17)19-10-6-4-2;8-5-2-1-4(7(10)11)3-6(5)9;1-2-3-4-5/h7-8,11H,3-6,9-10H2,1-2H3;1-3,9H,(H,10,11);2-4H2,1H3. The summed E-state index contributed by atoms with van der Waals surface area (Å²) in [5, 5.41) is 18.7. The number of hydrogen-bond acceptors (Lipinski definition) is 5. The van der Waals surface area contributed by atoms with Crippen molar-refractivity contribution in [3.8, 4) is 11.5 Å². The fourth-order valence-corrected chi connectivity index (χ4v) is 3.41. The molecule has 0 bridgehead atoms. The first-order chi connectivity index (χ1) is 16.7. The molecule has 0 aliphatic rings. The molecule has 0 heterocycles. The van der Waals surface area contributed by atoms with Crippen LogP contribution in [0.25, 0.3) is 0 Å². The summed E-state index contributed by atoms with van der Waals surface area (Å²) in [4.78, 5) is 22.2. The Morgan fingerprint density at radius 2 is 1.40 bits per heavy atom. The average molecular weight is 683 g/mol. The van der Waals surface area contributed by atoms with Crippen molar-refractivity contribution >= 4 is 59.7 Å². The van der Waals surface area contributed by atoms with Gasteiger partial charge in [0.2, 0.25) is 0 Å². The highest BCUT2D eigenvalue weighted by Gasteiger charge is 2.10. The number of aromatic carboxylic acids is 1. The number of esters is 1. The number of benzene rings is 2. The first-order valence-corrected chi connectivity index (χ1v) is 14.3. The van der Waals surface area contributed by atoms with Crippen molar-refractivity contribution in [3.63, 3.8) is 0 Å². The van der Waals surface area contributed by atoms with Gasteiger partial charge in [0.05, 0.1) is 33.3 Å². The molecule has 0 fully saturated rings. The SMILES string of the molecule is CCCCBr.CCCCOC(=O)c1ccc(Br)c(OCCCC)c1.O=C(O)c1ccc(Br)c(O)c1. The van der Waals surface area contributed by atoms with Gasteiger partial charge in [-0.2, -0.15) is 0 Å². The normalized spacial score (nSPS) is 9.77. The number of alkyl halides is 1. The van der Waals surface area contributed by atoms with E-state index in [-0.39, 0.29) is 17.3 Å². The second kappa shape index (κ2) is 20.6. The number of phenolic OH excluding ortho intramolecular Hbond substituents is 1. The van der Waals surface area contributed by atoms with E-state index in [4.69, 9.17) is 19.7 Å². The molecule has 0 saturated heterocycles. The van der Waals surface area contributed by atoms with Crippen LogP contribution in [-0.2, 0) is 4.74 Å². The first-order valence-electron chi connectivity index (χ1n) is 11.6. The Balaban J connectivity index is 0.000000605. The number of carboxylic acids is 1. The van der Waals surface area contributed by atoms with Gasteiger partial charge in [-0.3, -0.25) is 0 Å². The molecule has 0 unspecified atom stereocenters. The van der Waals surface area contributed by atoms with Crippen LogP contribution < -0.4 is 4.74 Å². The summed E-state index contributed by atoms with van der Waals surface area (Å²) in [5.41, 5.74) is 0.608. The highest BCUT2D eigenvalue weighted by Crippen LogP contribution is 2.27. The van der Waals surface area contributed by atoms with E-state index in [9.17, 15) is 9.59 Å². The highest BCUT2D eigenvalue weighted by molar-refractivity contribution is 9.11. The van der Waals surface area contributed by atoms with Crippen molar-refractivity contribution in [1.29, 1.82) is 0 Å². The fraction of sp³-hybridized carbons (Fsp3) is 0.462. The van der Waals surface area contributed by atoms with Gasteiger partial charge in [-0.15, -0.1) is 0 Å². The van der Waals surface area contributed by atoms with Crippen molar-refractivity contribution < 1.29 is 29.3 Å². The van der Waals surface area contributed by atoms with Crippen molar-refractivity contribution in [3.05, 3.63) is 56.5 Å². The molecule has 9 heteroatoms. The predicted octanol–water partition coefficient (Wildman–Crippen LogP) is 8.62. The lowest BCUT2D eigenvalue weighted by Crippen LogP contribution is -2.07. The Kier molecular flexibility index (Phi) is 19.7. The van der Waals surface area contributed by atoms with Gasteiger partial charge in [0.15, 0.2) is 0 Å². The molecule has 196 valence electrons. The fourth-order valence-electron chi connectivity index (χ4n) is 2.24. The van der Waals surface area contributed by atoms with Gasteiger partial charge in [0, 0.05) is 5.33 Å². The molecule has 2 aromatic carbocycles. The maximum absolute atomic E-state index is 11.8. The molecule has 0 spiro atoms. The molecule has 0 aromatic heterocycles. The van der Waals surface area contributed by atoms with E-state index in [2.05, 4.69) is 68.6 Å². The number of unbranched alkanes of at least 4 members (excludes halogenated alkanes) is 3. The van der Waals surface area contributed by atoms with Crippen molar-refractivity contribution in [2.75, 3.05) is 18.5 Å². The topological polar surface area (TPSA) is 93.1 Å². The first kappa shape index (κ1) is 33.4. The molecule has 0 aliphatic carbocycles. The van der Waals surface area contributed by atoms with E-state index in [1.165, 1.54) is 31.0 Å². The summed E-state index contributed by atoms with van der Waals surface area (Å²) >= 11 is 9.76. The molecule has 0 atom stereocenters. The number of phenols is 1. The van der Waals surface area contributed by atoms with Crippen LogP contribution in [0.5, 0.6) is 11.5 Å². The zero-order chi connectivity index (χ0) is 26.6. The molecular formula is C26H35Br3O6. The van der Waals surface area contributed by atoms with Crippen LogP contribution in [-0.4, -0.2) is 40.7 Å². The Hall–Kier alpha value is -1.58. The van der Waals surface area contributed by atoms with Crippen molar-refractivity contribution in [1.82, 2.24) is 0 Å². The zero-order valence-electron chi connectivity index (χ0n) is 20.5. The predicted molar refractivity (Wildman–Crippen MR) is 151 cm³/mol. The Morgan fingerprint density at radius 3 is 1.91 bits per heavy atom. The number of carbonyl (C=O) groups is 2. The number of halogens is 3. The van der Waals surface area contributed by atoms with Crippen LogP contribution in [0.1, 0.15) is 80.0 Å². The van der Waals surface area contributed by atoms with Gasteiger partial charge < -0.3 is 19.7 Å². The van der Waals surface area contributed by atoms with Crippen LogP contribution >= 0.6 is 47.8 Å². The number of aromatic hydroxyl groups is 1. The molecule has 0 radical (unpaired) electrons. The third-order valence-electron chi connectivity index (χ3n) is 4.33. The Labute approximate surface area is 233 Å². The van der Waals surface area contributed by atoms with E-state index in [0.29, 0.717) is 29.0 Å². The van der Waals surface area contributed by atoms with Crippen LogP contribution in [0.15, 0.2) is 45.3 Å². The van der Waals surface area contributed by atoms with Crippen LogP contribution in [0.3, 0.4) is 0 Å². The van der Waals surface area contributed by atoms with E-state index >= 15 is 0 Å². The lowest BCUT2D eigenvalue weighted by atomic mass is 10.2. The van der Waals surface area contributed by atoms with E-state index < -0.39 is 5.97 Å². The molecule has 6 nitrogen and oxygen atoms in total. The number of hydrogen-bond donors (Lipinski definition) is 2. The summed E-state index contributed by atoms with van der Waals surface area (Å²) in [6.45, 7) is 7.48. The summed E-state index contributed by atoms with van der Waals surface area (Å²) in [5.74, 6) is -0.711. The lowest BCUT2D eigenvalue weighted by Gasteiger charge is -2.09. The highest BCUT2D eigenvalue weighted by atomic mass is 79.9. The second-order valence-corrected chi connectivity index (χ2v) is 9.85. The van der Waals surface area contributed by atoms with Gasteiger partial charge in [-0.25, -0.2) is 9.59 Å². The number of rotatable bonds is 11. The summed E-state index contributed by atoms with van der Waals surface area (Å²) in [6, 6.07) is 9.37. The zero-order valence-corrected chi connectivity index (χ0v) is 25.2. The van der Waals surface area contributed by atoms with E-state index in [0.717, 1.165) is 35.5 Å². The van der Waals surface area contributed by atoms with Crippen LogP contribution in [0, 0.1) is 0 Å². The maximum Gasteiger partial charge on any atom is 0.338 e. The van der Waals surface area contributed by atoms with E-state index in [1.807, 2.05) is 6.07 Å². The molecule has 2 N–H and O–H groups in total. The smallest absolute Gasteiger partial charge is 0.338 e. The molecule has 0 amide bonds. The largest absolute Gasteiger partial charge is 0.507 e. The molecule has 2 aromatic rings. The molecular weight excluding hydrogens is 648 g/mol. The quantitative estimate of drug-likeness (QED) is 0.140. The molecule has 35 heavy (non-hydrogen) atoms. The third kappa shape index (κ3) is 15.2. The lowest BCUT2D eigenvalue weighted by molar-refractivity contribution is 0.0498. The molecule has 0 saturated carbocycles. The van der Waals surface area contributed by atoms with Gasteiger partial charge in [0.1, 0.15) is 11.5 Å². The second-order valence-electron chi connectivity index (χ2n) is 7.35. The van der Waals surface area contributed by atoms with Crippen molar-refractivity contribution in [2.24, 2.45) is 0 Å². The van der Waals surface area contributed by atoms with Gasteiger partial charge in [0.25, 0.3) is 0 Å². The van der Waals surface area contributed by atoms with Crippen LogP contribution in [0.2, 0.25) is 0 Å². The summed E-state index contributed by atoms with van der Waals surface area (Å²) < 4.78 is 12.2. The minimum atomic E-state index is -1.05. The number of carboxylic acid groups (broad SMARTS) is 1. The Morgan fingerprint density at radius 1 is 0.829 bits per heavy atom. The van der Waals surface area contributed by atoms with Gasteiger partial charge >= 0.3 is 11.9 Å². The van der Waals surface area contributed by atoms with E-state index in [1.54, 1.807) is 12.1 Å².